The molecule has 1 aliphatic heterocycles. The summed E-state index contributed by atoms with van der Waals surface area (Å²) in [6.07, 6.45) is 3.63. The maximum absolute atomic E-state index is 5.59. The minimum absolute atomic E-state index is 0.145. The van der Waals surface area contributed by atoms with Gasteiger partial charge in [-0.05, 0) is 19.4 Å². The van der Waals surface area contributed by atoms with E-state index in [1.165, 1.54) is 0 Å². The highest BCUT2D eigenvalue weighted by Gasteiger charge is 2.11. The van der Waals surface area contributed by atoms with Crippen molar-refractivity contribution >= 4 is 17.6 Å². The molecule has 5 N–H and O–H groups in total. The Morgan fingerprint density at radius 2 is 2.20 bits per heavy atom. The molecule has 1 aromatic rings. The molecule has 2 rings (SSSR count). The number of aliphatic imine (C=N–C) groups is 2. The maximum Gasteiger partial charge on any atom is 0.204 e. The van der Waals surface area contributed by atoms with Gasteiger partial charge in [0.2, 0.25) is 5.96 Å². The number of nitrogens with one attached hydrogen (secondary N) is 3. The maximum atomic E-state index is 5.59. The van der Waals surface area contributed by atoms with Crippen LogP contribution in [0.2, 0.25) is 0 Å². The number of aromatic nitrogens is 1. The lowest BCUT2D eigenvalue weighted by molar-refractivity contribution is 0.766. The van der Waals surface area contributed by atoms with Crippen LogP contribution in [0.25, 0.3) is 0 Å². The van der Waals surface area contributed by atoms with Gasteiger partial charge in [0.1, 0.15) is 6.17 Å². The third kappa shape index (κ3) is 2.09. The standard InChI is InChI=1S/C9H14N6/c1-5-3-11-4-7(5)14-9-13-6(2)12-8(10)15-9/h3-4,6,11H,1-2H3,(H4,10,12,13,14,15). The van der Waals surface area contributed by atoms with Crippen LogP contribution in [-0.2, 0) is 0 Å². The van der Waals surface area contributed by atoms with Crippen molar-refractivity contribution in [3.05, 3.63) is 18.0 Å². The summed E-state index contributed by atoms with van der Waals surface area (Å²) in [5, 5.41) is 6.00. The number of anilines is 1. The number of H-pyrrole nitrogens is 1. The first-order chi connectivity index (χ1) is 7.15. The van der Waals surface area contributed by atoms with Gasteiger partial charge in [-0.2, -0.15) is 0 Å². The van der Waals surface area contributed by atoms with Gasteiger partial charge >= 0.3 is 0 Å². The van der Waals surface area contributed by atoms with Crippen molar-refractivity contribution in [3.8, 4) is 0 Å². The van der Waals surface area contributed by atoms with E-state index in [-0.39, 0.29) is 6.17 Å². The van der Waals surface area contributed by atoms with Crippen LogP contribution < -0.4 is 16.4 Å². The van der Waals surface area contributed by atoms with E-state index in [1.807, 2.05) is 26.2 Å². The second-order valence-corrected chi connectivity index (χ2v) is 3.43. The van der Waals surface area contributed by atoms with Gasteiger partial charge in [0.25, 0.3) is 0 Å². The lowest BCUT2D eigenvalue weighted by atomic mass is 10.3. The fourth-order valence-electron chi connectivity index (χ4n) is 1.37. The summed E-state index contributed by atoms with van der Waals surface area (Å²) in [7, 11) is 0. The van der Waals surface area contributed by atoms with E-state index in [9.17, 15) is 0 Å². The average molecular weight is 206 g/mol. The highest BCUT2D eigenvalue weighted by molar-refractivity contribution is 6.06. The van der Waals surface area contributed by atoms with Gasteiger partial charge in [-0.1, -0.05) is 0 Å². The first kappa shape index (κ1) is 9.57. The molecule has 15 heavy (non-hydrogen) atoms. The third-order valence-corrected chi connectivity index (χ3v) is 2.09. The van der Waals surface area contributed by atoms with E-state index in [0.717, 1.165) is 11.3 Å². The number of aromatic amines is 1. The van der Waals surface area contributed by atoms with E-state index in [1.54, 1.807) is 0 Å². The zero-order valence-electron chi connectivity index (χ0n) is 8.70. The number of guanidine groups is 2. The van der Waals surface area contributed by atoms with E-state index in [0.29, 0.717) is 11.9 Å². The topological polar surface area (TPSA) is 90.6 Å². The van der Waals surface area contributed by atoms with Crippen molar-refractivity contribution in [2.75, 3.05) is 5.32 Å². The molecule has 1 atom stereocenters. The first-order valence-electron chi connectivity index (χ1n) is 4.73. The minimum Gasteiger partial charge on any atom is -0.370 e. The molecule has 0 amide bonds. The monoisotopic (exact) mass is 206 g/mol. The Bertz CT molecular complexity index is 416. The Balaban J connectivity index is 2.11. The van der Waals surface area contributed by atoms with Crippen LogP contribution in [0.5, 0.6) is 0 Å². The Morgan fingerprint density at radius 1 is 1.40 bits per heavy atom. The molecule has 6 nitrogen and oxygen atoms in total. The number of aryl methyl sites for hydroxylation is 1. The summed E-state index contributed by atoms with van der Waals surface area (Å²) in [5.74, 6) is 1.01. The molecule has 1 unspecified atom stereocenters. The van der Waals surface area contributed by atoms with Gasteiger partial charge < -0.3 is 16.0 Å². The van der Waals surface area contributed by atoms with E-state index in [2.05, 4.69) is 25.6 Å². The van der Waals surface area contributed by atoms with Gasteiger partial charge in [-0.3, -0.25) is 5.32 Å². The zero-order valence-corrected chi connectivity index (χ0v) is 8.70. The summed E-state index contributed by atoms with van der Waals surface area (Å²) in [4.78, 5) is 11.3. The molecule has 80 valence electrons. The second-order valence-electron chi connectivity index (χ2n) is 3.43. The Kier molecular flexibility index (Phi) is 2.32. The predicted octanol–water partition coefficient (Wildman–Crippen LogP) is 0.355. The van der Waals surface area contributed by atoms with Crippen LogP contribution >= 0.6 is 0 Å². The highest BCUT2D eigenvalue weighted by atomic mass is 15.3. The SMILES string of the molecule is Cc1c[nH]cc1NC1=NC(C)N=C(N)N1. The van der Waals surface area contributed by atoms with Crippen molar-refractivity contribution in [1.29, 1.82) is 0 Å². The highest BCUT2D eigenvalue weighted by Crippen LogP contribution is 2.12. The summed E-state index contributed by atoms with van der Waals surface area (Å²) < 4.78 is 0. The number of nitrogens with two attached hydrogens (primary N) is 1. The molecular formula is C9H14N6. The average Bonchev–Trinajstić information content (AvgIpc) is 2.50. The number of nitrogens with zero attached hydrogens (tertiary/aromatic N) is 2. The van der Waals surface area contributed by atoms with Crippen LogP contribution in [-0.4, -0.2) is 23.1 Å². The van der Waals surface area contributed by atoms with Gasteiger partial charge in [-0.25, -0.2) is 9.98 Å². The molecular weight excluding hydrogens is 192 g/mol. The smallest absolute Gasteiger partial charge is 0.204 e. The molecule has 1 aromatic heterocycles. The molecule has 2 heterocycles. The quantitative estimate of drug-likeness (QED) is 0.534. The van der Waals surface area contributed by atoms with Gasteiger partial charge in [0.05, 0.1) is 5.69 Å². The van der Waals surface area contributed by atoms with Crippen molar-refractivity contribution in [3.63, 3.8) is 0 Å². The largest absolute Gasteiger partial charge is 0.370 e. The van der Waals surface area contributed by atoms with Crippen molar-refractivity contribution in [2.45, 2.75) is 20.0 Å². The van der Waals surface area contributed by atoms with Crippen molar-refractivity contribution in [1.82, 2.24) is 10.3 Å². The first-order valence-corrected chi connectivity index (χ1v) is 4.73. The minimum atomic E-state index is -0.145. The summed E-state index contributed by atoms with van der Waals surface area (Å²) in [6.45, 7) is 3.88. The molecule has 0 radical (unpaired) electrons. The molecule has 6 heteroatoms. The van der Waals surface area contributed by atoms with E-state index >= 15 is 0 Å². The third-order valence-electron chi connectivity index (χ3n) is 2.09. The number of hydrogen-bond donors (Lipinski definition) is 4. The Morgan fingerprint density at radius 3 is 2.80 bits per heavy atom. The molecule has 0 bridgehead atoms. The molecule has 0 saturated carbocycles. The zero-order chi connectivity index (χ0) is 10.8. The van der Waals surface area contributed by atoms with Crippen LogP contribution in [0.4, 0.5) is 5.69 Å². The van der Waals surface area contributed by atoms with Crippen LogP contribution in [0.3, 0.4) is 0 Å². The Labute approximate surface area is 87.7 Å². The molecule has 0 fully saturated rings. The number of rotatable bonds is 1. The normalized spacial score (nSPS) is 20.3. The molecule has 0 spiro atoms. The van der Waals surface area contributed by atoms with Crippen LogP contribution in [0.15, 0.2) is 22.4 Å². The van der Waals surface area contributed by atoms with Crippen molar-refractivity contribution in [2.24, 2.45) is 15.7 Å². The lowest BCUT2D eigenvalue weighted by Crippen LogP contribution is -2.44. The van der Waals surface area contributed by atoms with Gasteiger partial charge in [0, 0.05) is 12.4 Å². The van der Waals surface area contributed by atoms with Gasteiger partial charge in [-0.15, -0.1) is 0 Å². The molecule has 0 aromatic carbocycles. The summed E-state index contributed by atoms with van der Waals surface area (Å²) >= 11 is 0. The molecule has 0 aliphatic carbocycles. The second kappa shape index (κ2) is 3.64. The van der Waals surface area contributed by atoms with Crippen LogP contribution in [0.1, 0.15) is 12.5 Å². The number of hydrogen-bond acceptors (Lipinski definition) is 5. The fourth-order valence-corrected chi connectivity index (χ4v) is 1.37. The summed E-state index contributed by atoms with van der Waals surface area (Å²) in [6, 6.07) is 0. The molecule has 1 aliphatic rings. The lowest BCUT2D eigenvalue weighted by Gasteiger charge is -2.17. The molecule has 0 saturated heterocycles. The summed E-state index contributed by atoms with van der Waals surface area (Å²) in [5.41, 5.74) is 7.69. The Hall–Kier alpha value is -1.98. The van der Waals surface area contributed by atoms with Crippen molar-refractivity contribution < 1.29 is 0 Å². The predicted molar refractivity (Wildman–Crippen MR) is 60.8 cm³/mol. The van der Waals surface area contributed by atoms with Gasteiger partial charge in [0.15, 0.2) is 5.96 Å². The van der Waals surface area contributed by atoms with Crippen LogP contribution in [0, 0.1) is 6.92 Å². The van der Waals surface area contributed by atoms with E-state index in [4.69, 9.17) is 5.73 Å². The van der Waals surface area contributed by atoms with E-state index < -0.39 is 0 Å². The fraction of sp³-hybridized carbons (Fsp3) is 0.333.